The second-order valence-electron chi connectivity index (χ2n) is 4.87. The molecule has 1 aliphatic rings. The molecular weight excluding hydrogens is 306 g/mol. The van der Waals surface area contributed by atoms with Crippen molar-refractivity contribution >= 4 is 27.5 Å². The normalized spacial score (nSPS) is 16.6. The van der Waals surface area contributed by atoms with E-state index in [1.807, 2.05) is 13.0 Å². The van der Waals surface area contributed by atoms with Gasteiger partial charge < -0.3 is 10.1 Å². The van der Waals surface area contributed by atoms with E-state index in [0.717, 1.165) is 9.87 Å². The number of nitrogens with zero attached hydrogens (tertiary/aromatic N) is 2. The van der Waals surface area contributed by atoms with E-state index < -0.39 is 16.1 Å². The Morgan fingerprint density at radius 2 is 2.00 bits per heavy atom. The number of rotatable bonds is 3. The highest BCUT2D eigenvalue weighted by Crippen LogP contribution is 2.26. The van der Waals surface area contributed by atoms with E-state index in [0.29, 0.717) is 11.4 Å². The second-order valence-corrected chi connectivity index (χ2v) is 6.53. The van der Waals surface area contributed by atoms with Crippen LogP contribution in [-0.2, 0) is 15.0 Å². The minimum absolute atomic E-state index is 0.141. The number of methoxy groups -OCH3 is 1. The van der Waals surface area contributed by atoms with Crippen molar-refractivity contribution in [2.24, 2.45) is 4.40 Å². The minimum atomic E-state index is -3.73. The number of aryl methyl sites for hydroxylation is 1. The molecule has 8 heteroatoms. The summed E-state index contributed by atoms with van der Waals surface area (Å²) in [5.41, 5.74) is 1.79. The molecular formula is C14H17N3O4S. The molecule has 0 aromatic heterocycles. The maximum Gasteiger partial charge on any atom is 0.344 e. The zero-order valence-corrected chi connectivity index (χ0v) is 13.6. The Hall–Kier alpha value is -2.35. The molecule has 0 saturated heterocycles. The summed E-state index contributed by atoms with van der Waals surface area (Å²) in [6.07, 6.45) is 1.25. The minimum Gasteiger partial charge on any atom is -0.495 e. The maximum absolute atomic E-state index is 12.4. The van der Waals surface area contributed by atoms with Crippen molar-refractivity contribution in [3.8, 4) is 5.75 Å². The van der Waals surface area contributed by atoms with Crippen LogP contribution in [-0.4, -0.2) is 38.5 Å². The maximum atomic E-state index is 12.4. The number of benzene rings is 1. The van der Waals surface area contributed by atoms with Crippen molar-refractivity contribution in [1.29, 1.82) is 0 Å². The van der Waals surface area contributed by atoms with E-state index in [1.165, 1.54) is 27.3 Å². The van der Waals surface area contributed by atoms with Crippen LogP contribution in [0.15, 0.2) is 34.4 Å². The summed E-state index contributed by atoms with van der Waals surface area (Å²) in [6.45, 7) is 3.37. The summed E-state index contributed by atoms with van der Waals surface area (Å²) < 4.78 is 32.9. The largest absolute Gasteiger partial charge is 0.495 e. The van der Waals surface area contributed by atoms with Crippen molar-refractivity contribution in [3.63, 3.8) is 0 Å². The quantitative estimate of drug-likeness (QED) is 0.912. The predicted octanol–water partition coefficient (Wildman–Crippen LogP) is 1.48. The second kappa shape index (κ2) is 5.80. The van der Waals surface area contributed by atoms with E-state index in [2.05, 4.69) is 9.71 Å². The van der Waals surface area contributed by atoms with Gasteiger partial charge in [0.05, 0.1) is 24.1 Å². The molecule has 0 unspecified atom stereocenters. The highest BCUT2D eigenvalue weighted by Gasteiger charge is 2.25. The monoisotopic (exact) mass is 323 g/mol. The van der Waals surface area contributed by atoms with Gasteiger partial charge in [-0.05, 0) is 31.5 Å². The number of hydrogen-bond acceptors (Lipinski definition) is 4. The summed E-state index contributed by atoms with van der Waals surface area (Å²) in [4.78, 5) is 12.4. The van der Waals surface area contributed by atoms with Gasteiger partial charge in [-0.25, -0.2) is 0 Å². The van der Waals surface area contributed by atoms with Gasteiger partial charge in [-0.1, -0.05) is 6.07 Å². The molecule has 0 radical (unpaired) electrons. The number of anilines is 1. The van der Waals surface area contributed by atoms with Crippen molar-refractivity contribution in [3.05, 3.63) is 35.5 Å². The SMILES string of the molecule is COc1ccc(C)cc1NC(=O)C1=CN(C)S(=O)(=O)N=C1C. The molecule has 0 fully saturated rings. The third kappa shape index (κ3) is 3.11. The lowest BCUT2D eigenvalue weighted by molar-refractivity contribution is -0.112. The first kappa shape index (κ1) is 16.0. The van der Waals surface area contributed by atoms with Crippen molar-refractivity contribution < 1.29 is 17.9 Å². The van der Waals surface area contributed by atoms with Crippen LogP contribution in [0.3, 0.4) is 0 Å². The molecule has 118 valence electrons. The number of carbonyl (C=O) groups excluding carboxylic acids is 1. The van der Waals surface area contributed by atoms with Crippen LogP contribution in [0.5, 0.6) is 5.75 Å². The molecule has 1 N–H and O–H groups in total. The van der Waals surface area contributed by atoms with Crippen LogP contribution in [0.1, 0.15) is 12.5 Å². The fourth-order valence-corrected chi connectivity index (χ4v) is 2.77. The van der Waals surface area contributed by atoms with Crippen molar-refractivity contribution in [2.75, 3.05) is 19.5 Å². The van der Waals surface area contributed by atoms with Crippen LogP contribution in [0.25, 0.3) is 0 Å². The topological polar surface area (TPSA) is 88.1 Å². The van der Waals surface area contributed by atoms with Gasteiger partial charge in [0.2, 0.25) is 0 Å². The van der Waals surface area contributed by atoms with Crippen LogP contribution >= 0.6 is 0 Å². The first-order valence-corrected chi connectivity index (χ1v) is 7.87. The highest BCUT2D eigenvalue weighted by molar-refractivity contribution is 7.88. The molecule has 1 heterocycles. The Morgan fingerprint density at radius 3 is 2.64 bits per heavy atom. The molecule has 1 aliphatic heterocycles. The zero-order chi connectivity index (χ0) is 16.5. The smallest absolute Gasteiger partial charge is 0.344 e. The fraction of sp³-hybridized carbons (Fsp3) is 0.286. The standard InChI is InChI=1S/C14H17N3O4S/c1-9-5-6-13(21-4)12(7-9)15-14(18)11-8-17(3)22(19,20)16-10(11)2/h5-8H,1-4H3,(H,15,18). The molecule has 0 spiro atoms. The third-order valence-corrected chi connectivity index (χ3v) is 4.50. The average molecular weight is 323 g/mol. The molecule has 1 aromatic carbocycles. The van der Waals surface area contributed by atoms with Crippen LogP contribution in [0.2, 0.25) is 0 Å². The molecule has 7 nitrogen and oxygen atoms in total. The Morgan fingerprint density at radius 1 is 1.32 bits per heavy atom. The first-order chi connectivity index (χ1) is 10.2. The fourth-order valence-electron chi connectivity index (χ4n) is 1.96. The van der Waals surface area contributed by atoms with Gasteiger partial charge in [0.15, 0.2) is 0 Å². The Labute approximate surface area is 129 Å². The van der Waals surface area contributed by atoms with Gasteiger partial charge >= 0.3 is 10.2 Å². The number of hydrogen-bond donors (Lipinski definition) is 1. The van der Waals surface area contributed by atoms with Gasteiger partial charge in [0.1, 0.15) is 5.75 Å². The zero-order valence-electron chi connectivity index (χ0n) is 12.7. The summed E-state index contributed by atoms with van der Waals surface area (Å²) in [5, 5.41) is 2.72. The number of nitrogens with one attached hydrogen (secondary N) is 1. The summed E-state index contributed by atoms with van der Waals surface area (Å²) in [6, 6.07) is 5.38. The molecule has 22 heavy (non-hydrogen) atoms. The predicted molar refractivity (Wildman–Crippen MR) is 84.2 cm³/mol. The summed E-state index contributed by atoms with van der Waals surface area (Å²) in [7, 11) is -0.897. The van der Waals surface area contributed by atoms with Gasteiger partial charge in [-0.3, -0.25) is 9.10 Å². The van der Waals surface area contributed by atoms with E-state index in [1.54, 1.807) is 12.1 Å². The lowest BCUT2D eigenvalue weighted by atomic mass is 10.1. The van der Waals surface area contributed by atoms with E-state index >= 15 is 0 Å². The Balaban J connectivity index is 2.31. The molecule has 0 atom stereocenters. The lowest BCUT2D eigenvalue weighted by Gasteiger charge is -2.20. The number of carbonyl (C=O) groups is 1. The molecule has 2 rings (SSSR count). The summed E-state index contributed by atoms with van der Waals surface area (Å²) in [5.74, 6) is 0.0674. The van der Waals surface area contributed by atoms with Crippen molar-refractivity contribution in [2.45, 2.75) is 13.8 Å². The third-order valence-electron chi connectivity index (χ3n) is 3.16. The molecule has 0 saturated carbocycles. The van der Waals surface area contributed by atoms with Gasteiger partial charge in [-0.15, -0.1) is 4.40 Å². The van der Waals surface area contributed by atoms with E-state index in [4.69, 9.17) is 4.74 Å². The number of ether oxygens (including phenoxy) is 1. The molecule has 0 bridgehead atoms. The van der Waals surface area contributed by atoms with Gasteiger partial charge in [-0.2, -0.15) is 8.42 Å². The van der Waals surface area contributed by atoms with E-state index in [-0.39, 0.29) is 11.3 Å². The van der Waals surface area contributed by atoms with E-state index in [9.17, 15) is 13.2 Å². The van der Waals surface area contributed by atoms with Crippen LogP contribution in [0.4, 0.5) is 5.69 Å². The van der Waals surface area contributed by atoms with Crippen molar-refractivity contribution in [1.82, 2.24) is 4.31 Å². The lowest BCUT2D eigenvalue weighted by Crippen LogP contribution is -2.30. The molecule has 1 aromatic rings. The highest BCUT2D eigenvalue weighted by atomic mass is 32.2. The molecule has 1 amide bonds. The Kier molecular flexibility index (Phi) is 4.23. The van der Waals surface area contributed by atoms with Gasteiger partial charge in [0.25, 0.3) is 5.91 Å². The number of amides is 1. The summed E-state index contributed by atoms with van der Waals surface area (Å²) >= 11 is 0. The van der Waals surface area contributed by atoms with Crippen LogP contribution < -0.4 is 10.1 Å². The Bertz CT molecular complexity index is 781. The molecule has 0 aliphatic carbocycles. The van der Waals surface area contributed by atoms with Gasteiger partial charge in [0, 0.05) is 13.2 Å². The first-order valence-electron chi connectivity index (χ1n) is 6.47. The average Bonchev–Trinajstić information content (AvgIpc) is 2.42. The van der Waals surface area contributed by atoms with Crippen LogP contribution in [0, 0.1) is 6.92 Å².